The van der Waals surface area contributed by atoms with Crippen LogP contribution in [0, 0.1) is 5.92 Å². The fourth-order valence-electron chi connectivity index (χ4n) is 5.75. The van der Waals surface area contributed by atoms with Crippen molar-refractivity contribution in [2.24, 2.45) is 5.92 Å². The molecule has 190 valence electrons. The lowest BCUT2D eigenvalue weighted by Crippen LogP contribution is -2.42. The van der Waals surface area contributed by atoms with Gasteiger partial charge in [-0.3, -0.25) is 9.69 Å². The molecule has 1 fully saturated rings. The van der Waals surface area contributed by atoms with Crippen molar-refractivity contribution < 1.29 is 4.79 Å². The van der Waals surface area contributed by atoms with E-state index < -0.39 is 0 Å². The van der Waals surface area contributed by atoms with Crippen LogP contribution in [0.4, 0.5) is 5.69 Å². The zero-order chi connectivity index (χ0) is 25.6. The van der Waals surface area contributed by atoms with Crippen molar-refractivity contribution in [2.45, 2.75) is 38.8 Å². The first kappa shape index (κ1) is 25.2. The maximum atomic E-state index is 11.3. The van der Waals surface area contributed by atoms with Crippen LogP contribution in [0.25, 0.3) is 10.8 Å². The highest BCUT2D eigenvalue weighted by atomic mass is 16.1. The monoisotopic (exact) mass is 491 g/mol. The van der Waals surface area contributed by atoms with Crippen molar-refractivity contribution in [3.05, 3.63) is 114 Å². The molecule has 2 N–H and O–H groups in total. The first-order valence-electron chi connectivity index (χ1n) is 13.4. The van der Waals surface area contributed by atoms with Gasteiger partial charge in [0.25, 0.3) is 0 Å². The van der Waals surface area contributed by atoms with Crippen LogP contribution in [-0.2, 0) is 11.3 Å². The molecule has 1 aliphatic rings. The van der Waals surface area contributed by atoms with E-state index in [2.05, 4.69) is 107 Å². The van der Waals surface area contributed by atoms with Crippen molar-refractivity contribution in [3.8, 4) is 0 Å². The number of hydrogen-bond acceptors (Lipinski definition) is 3. The molecule has 3 unspecified atom stereocenters. The third-order valence-corrected chi connectivity index (χ3v) is 7.72. The number of rotatable bonds is 8. The van der Waals surface area contributed by atoms with Gasteiger partial charge in [0.1, 0.15) is 0 Å². The molecular formula is C33H37N3O. The lowest BCUT2D eigenvalue weighted by molar-refractivity contribution is -0.114. The van der Waals surface area contributed by atoms with Gasteiger partial charge in [-0.1, -0.05) is 84.9 Å². The number of piperidine rings is 1. The molecule has 1 heterocycles. The van der Waals surface area contributed by atoms with E-state index in [1.165, 1.54) is 33.9 Å². The highest BCUT2D eigenvalue weighted by Crippen LogP contribution is 2.34. The van der Waals surface area contributed by atoms with E-state index in [-0.39, 0.29) is 5.91 Å². The quantitative estimate of drug-likeness (QED) is 0.286. The molecule has 0 bridgehead atoms. The van der Waals surface area contributed by atoms with Crippen molar-refractivity contribution in [1.82, 2.24) is 10.2 Å². The topological polar surface area (TPSA) is 44.4 Å². The number of nitrogens with one attached hydrogen (secondary N) is 2. The third-order valence-electron chi connectivity index (χ3n) is 7.72. The molecule has 1 amide bonds. The second-order valence-corrected chi connectivity index (χ2v) is 10.4. The fourth-order valence-corrected chi connectivity index (χ4v) is 5.75. The Labute approximate surface area is 220 Å². The molecule has 5 rings (SSSR count). The number of amides is 1. The van der Waals surface area contributed by atoms with Gasteiger partial charge >= 0.3 is 0 Å². The van der Waals surface area contributed by atoms with Crippen LogP contribution < -0.4 is 10.6 Å². The van der Waals surface area contributed by atoms with Gasteiger partial charge in [-0.05, 0) is 71.9 Å². The highest BCUT2D eigenvalue weighted by Gasteiger charge is 2.30. The molecule has 3 atom stereocenters. The zero-order valence-corrected chi connectivity index (χ0v) is 21.9. The first-order valence-corrected chi connectivity index (χ1v) is 13.4. The molecule has 0 saturated carbocycles. The number of likely N-dealkylation sites (tertiary alicyclic amines) is 1. The minimum Gasteiger partial charge on any atom is -0.326 e. The van der Waals surface area contributed by atoms with E-state index in [0.717, 1.165) is 31.9 Å². The van der Waals surface area contributed by atoms with Crippen LogP contribution >= 0.6 is 0 Å². The number of benzene rings is 4. The molecule has 4 heteroatoms. The van der Waals surface area contributed by atoms with Gasteiger partial charge in [-0.2, -0.15) is 0 Å². The van der Waals surface area contributed by atoms with E-state index in [0.29, 0.717) is 17.9 Å². The predicted octanol–water partition coefficient (Wildman–Crippen LogP) is 6.75. The van der Waals surface area contributed by atoms with E-state index in [1.807, 2.05) is 12.1 Å². The summed E-state index contributed by atoms with van der Waals surface area (Å²) in [6, 6.07) is 34.9. The Bertz CT molecular complexity index is 1310. The Morgan fingerprint density at radius 3 is 2.43 bits per heavy atom. The highest BCUT2D eigenvalue weighted by molar-refractivity contribution is 5.88. The molecule has 37 heavy (non-hydrogen) atoms. The molecule has 4 aromatic rings. The summed E-state index contributed by atoms with van der Waals surface area (Å²) in [4.78, 5) is 13.9. The van der Waals surface area contributed by atoms with Crippen LogP contribution in [-0.4, -0.2) is 30.4 Å². The van der Waals surface area contributed by atoms with Crippen LogP contribution in [0.3, 0.4) is 0 Å². The molecule has 4 nitrogen and oxygen atoms in total. The number of carbonyl (C=O) groups is 1. The van der Waals surface area contributed by atoms with Gasteiger partial charge in [-0.25, -0.2) is 0 Å². The van der Waals surface area contributed by atoms with Crippen LogP contribution in [0.2, 0.25) is 0 Å². The van der Waals surface area contributed by atoms with Crippen LogP contribution in [0.1, 0.15) is 48.9 Å². The summed E-state index contributed by atoms with van der Waals surface area (Å²) in [5.41, 5.74) is 4.93. The summed E-state index contributed by atoms with van der Waals surface area (Å²) >= 11 is 0. The van der Waals surface area contributed by atoms with Crippen LogP contribution in [0.5, 0.6) is 0 Å². The Morgan fingerprint density at radius 2 is 1.65 bits per heavy atom. The normalized spacial score (nSPS) is 19.0. The molecular weight excluding hydrogens is 454 g/mol. The van der Waals surface area contributed by atoms with Gasteiger partial charge in [0.05, 0.1) is 0 Å². The number of fused-ring (bicyclic) bond motifs is 1. The largest absolute Gasteiger partial charge is 0.326 e. The van der Waals surface area contributed by atoms with Crippen molar-refractivity contribution in [2.75, 3.05) is 25.0 Å². The summed E-state index contributed by atoms with van der Waals surface area (Å²) in [5.74, 6) is 1.03. The van der Waals surface area contributed by atoms with Gasteiger partial charge < -0.3 is 10.6 Å². The number of anilines is 1. The Morgan fingerprint density at radius 1 is 0.919 bits per heavy atom. The van der Waals surface area contributed by atoms with Crippen LogP contribution in [0.15, 0.2) is 97.1 Å². The second kappa shape index (κ2) is 11.7. The number of carbonyl (C=O) groups excluding carboxylic acids is 1. The minimum absolute atomic E-state index is 0.0381. The molecule has 1 aliphatic heterocycles. The molecule has 0 aromatic heterocycles. The number of hydrogen-bond donors (Lipinski definition) is 2. The Hall–Kier alpha value is -3.47. The maximum absolute atomic E-state index is 11.3. The van der Waals surface area contributed by atoms with E-state index in [1.54, 1.807) is 6.92 Å². The Kier molecular flexibility index (Phi) is 7.98. The van der Waals surface area contributed by atoms with Crippen molar-refractivity contribution in [1.29, 1.82) is 0 Å². The standard InChI is InChI=1S/C33H37N3O/c1-24(31-14-8-12-27-11-6-7-13-32(27)31)34-21-29-19-20-36(23-33(29)28-9-4-3-5-10-28)22-26-15-17-30(18-16-26)35-25(2)37/h3-18,24,29,33-34H,19-23H2,1-2H3,(H,35,37). The predicted molar refractivity (Wildman–Crippen MR) is 154 cm³/mol. The summed E-state index contributed by atoms with van der Waals surface area (Å²) in [6.07, 6.45) is 1.17. The van der Waals surface area contributed by atoms with E-state index in [9.17, 15) is 4.79 Å². The average molecular weight is 492 g/mol. The van der Waals surface area contributed by atoms with Gasteiger partial charge in [0, 0.05) is 37.7 Å². The molecule has 4 aromatic carbocycles. The molecule has 1 saturated heterocycles. The Balaban J connectivity index is 1.27. The van der Waals surface area contributed by atoms with Crippen molar-refractivity contribution >= 4 is 22.4 Å². The lowest BCUT2D eigenvalue weighted by atomic mass is 9.80. The first-order chi connectivity index (χ1) is 18.1. The smallest absolute Gasteiger partial charge is 0.221 e. The average Bonchev–Trinajstić information content (AvgIpc) is 2.93. The molecule has 0 aliphatic carbocycles. The van der Waals surface area contributed by atoms with E-state index in [4.69, 9.17) is 0 Å². The van der Waals surface area contributed by atoms with Gasteiger partial charge in [0.15, 0.2) is 0 Å². The second-order valence-electron chi connectivity index (χ2n) is 10.4. The van der Waals surface area contributed by atoms with Gasteiger partial charge in [-0.15, -0.1) is 0 Å². The summed E-state index contributed by atoms with van der Waals surface area (Å²) < 4.78 is 0. The maximum Gasteiger partial charge on any atom is 0.221 e. The third kappa shape index (κ3) is 6.27. The molecule has 0 spiro atoms. The van der Waals surface area contributed by atoms with E-state index >= 15 is 0 Å². The zero-order valence-electron chi connectivity index (χ0n) is 21.9. The summed E-state index contributed by atoms with van der Waals surface area (Å²) in [7, 11) is 0. The molecule has 0 radical (unpaired) electrons. The lowest BCUT2D eigenvalue weighted by Gasteiger charge is -2.39. The fraction of sp³-hybridized carbons (Fsp3) is 0.303. The van der Waals surface area contributed by atoms with Crippen molar-refractivity contribution in [3.63, 3.8) is 0 Å². The summed E-state index contributed by atoms with van der Waals surface area (Å²) in [6.45, 7) is 7.90. The summed E-state index contributed by atoms with van der Waals surface area (Å²) in [5, 5.41) is 9.39. The number of nitrogens with zero attached hydrogens (tertiary/aromatic N) is 1. The van der Waals surface area contributed by atoms with Gasteiger partial charge in [0.2, 0.25) is 5.91 Å². The SMILES string of the molecule is CC(=O)Nc1ccc(CN2CCC(CNC(C)c3cccc4ccccc34)C(c3ccccc3)C2)cc1. The minimum atomic E-state index is -0.0381.